The first-order valence-electron chi connectivity index (χ1n) is 9.10. The minimum absolute atomic E-state index is 0.112. The summed E-state index contributed by atoms with van der Waals surface area (Å²) in [6.45, 7) is 0. The zero-order chi connectivity index (χ0) is 21.9. The van der Waals surface area contributed by atoms with Gasteiger partial charge in [-0.25, -0.2) is 4.79 Å². The first-order valence-corrected chi connectivity index (χ1v) is 9.10. The first-order chi connectivity index (χ1) is 14.5. The lowest BCUT2D eigenvalue weighted by Gasteiger charge is -2.12. The van der Waals surface area contributed by atoms with Crippen LogP contribution in [-0.2, 0) is 30.2 Å². The average Bonchev–Trinajstić information content (AvgIpc) is 3.19. The summed E-state index contributed by atoms with van der Waals surface area (Å²) in [5.41, 5.74) is 2.05. The fourth-order valence-corrected chi connectivity index (χ4v) is 2.75. The molecular weight excluding hydrogens is 388 g/mol. The van der Waals surface area contributed by atoms with Gasteiger partial charge in [0.25, 0.3) is 0 Å². The molecule has 2 N–H and O–H groups in total. The van der Waals surface area contributed by atoms with Crippen molar-refractivity contribution in [1.29, 1.82) is 0 Å². The fraction of sp³-hybridized carbons (Fsp3) is 0.227. The Morgan fingerprint density at radius 2 is 1.47 bits per heavy atom. The van der Waals surface area contributed by atoms with Crippen LogP contribution in [0.1, 0.15) is 5.56 Å². The van der Waals surface area contributed by atoms with E-state index in [1.54, 1.807) is 24.4 Å². The summed E-state index contributed by atoms with van der Waals surface area (Å²) >= 11 is 0. The van der Waals surface area contributed by atoms with Crippen LogP contribution in [0.25, 0.3) is 10.9 Å². The number of benzene rings is 2. The number of nitrogens with one attached hydrogen (secondary N) is 2. The number of hydrogen-bond acceptors (Lipinski definition) is 6. The van der Waals surface area contributed by atoms with Crippen molar-refractivity contribution in [3.63, 3.8) is 0 Å². The highest BCUT2D eigenvalue weighted by Crippen LogP contribution is 2.25. The summed E-state index contributed by atoms with van der Waals surface area (Å²) < 4.78 is 13.9. The van der Waals surface area contributed by atoms with Gasteiger partial charge in [0.05, 0.1) is 21.3 Å². The average molecular weight is 412 g/mol. The lowest BCUT2D eigenvalue weighted by atomic mass is 9.99. The molecule has 158 valence electrons. The van der Waals surface area contributed by atoms with Crippen molar-refractivity contribution < 1.29 is 28.6 Å². The molecule has 0 aliphatic carbocycles. The van der Waals surface area contributed by atoms with Crippen LogP contribution < -0.4 is 5.32 Å². The van der Waals surface area contributed by atoms with Crippen molar-refractivity contribution in [2.45, 2.75) is 6.42 Å². The van der Waals surface area contributed by atoms with E-state index in [9.17, 15) is 14.4 Å². The van der Waals surface area contributed by atoms with E-state index in [1.165, 1.54) is 21.3 Å². The number of aromatic nitrogens is 1. The number of H-pyrrole nitrogens is 1. The molecule has 1 aromatic heterocycles. The maximum Gasteiger partial charge on any atom is 0.411 e. The molecule has 1 heterocycles. The predicted octanol–water partition coefficient (Wildman–Crippen LogP) is 3.54. The van der Waals surface area contributed by atoms with Crippen LogP contribution in [0.4, 0.5) is 10.5 Å². The molecular formula is C22H24N2O6. The highest BCUT2D eigenvalue weighted by Gasteiger charge is 2.29. The van der Waals surface area contributed by atoms with Crippen LogP contribution in [-0.4, -0.2) is 44.3 Å². The number of hydrogen-bond donors (Lipinski definition) is 2. The van der Waals surface area contributed by atoms with Crippen molar-refractivity contribution in [2.75, 3.05) is 26.6 Å². The Kier molecular flexibility index (Phi) is 8.43. The van der Waals surface area contributed by atoms with Gasteiger partial charge in [-0.05, 0) is 30.2 Å². The molecule has 0 saturated heterocycles. The van der Waals surface area contributed by atoms with E-state index in [-0.39, 0.29) is 6.42 Å². The van der Waals surface area contributed by atoms with Gasteiger partial charge in [-0.2, -0.15) is 0 Å². The maximum atomic E-state index is 11.8. The Morgan fingerprint density at radius 1 is 0.900 bits per heavy atom. The second-order valence-corrected chi connectivity index (χ2v) is 6.15. The van der Waals surface area contributed by atoms with Gasteiger partial charge < -0.3 is 19.2 Å². The Labute approximate surface area is 174 Å². The number of carbonyl (C=O) groups excluding carboxylic acids is 3. The molecule has 0 saturated carbocycles. The van der Waals surface area contributed by atoms with Gasteiger partial charge in [0, 0.05) is 22.8 Å². The first kappa shape index (κ1) is 22.5. The molecule has 0 unspecified atom stereocenters. The van der Waals surface area contributed by atoms with Crippen molar-refractivity contribution in [2.24, 2.45) is 5.92 Å². The van der Waals surface area contributed by atoms with E-state index in [1.807, 2.05) is 36.4 Å². The molecule has 0 radical (unpaired) electrons. The minimum atomic E-state index is -1.06. The SMILES string of the molecule is COC(=O)Nc1ccc2[nH]cc(CC(C(=O)OC)C(=O)OC)c2c1.c1ccccc1. The standard InChI is InChI=1S/C16H18N2O6.C6H6/c1-22-14(19)12(15(20)23-2)6-9-8-17-13-5-4-10(7-11(9)13)18-16(21)24-3;1-2-4-6-5-3-1/h4-5,7-8,12,17H,6H2,1-3H3,(H,18,21);1-6H. The third kappa shape index (κ3) is 6.10. The number of anilines is 1. The summed E-state index contributed by atoms with van der Waals surface area (Å²) in [5.74, 6) is -2.39. The molecule has 8 nitrogen and oxygen atoms in total. The van der Waals surface area contributed by atoms with E-state index in [2.05, 4.69) is 24.5 Å². The van der Waals surface area contributed by atoms with Gasteiger partial charge in [-0.1, -0.05) is 36.4 Å². The number of esters is 2. The zero-order valence-corrected chi connectivity index (χ0v) is 17.0. The third-order valence-corrected chi connectivity index (χ3v) is 4.26. The van der Waals surface area contributed by atoms with Crippen LogP contribution in [0.2, 0.25) is 0 Å². The third-order valence-electron chi connectivity index (χ3n) is 4.26. The summed E-state index contributed by atoms with van der Waals surface area (Å²) in [7, 11) is 3.70. The molecule has 0 aliphatic heterocycles. The van der Waals surface area contributed by atoms with Crippen molar-refractivity contribution in [3.8, 4) is 0 Å². The van der Waals surface area contributed by atoms with Crippen molar-refractivity contribution in [1.82, 2.24) is 4.98 Å². The van der Waals surface area contributed by atoms with Gasteiger partial charge in [0.2, 0.25) is 0 Å². The van der Waals surface area contributed by atoms with Crippen LogP contribution in [0, 0.1) is 5.92 Å². The normalized spacial score (nSPS) is 10.0. The minimum Gasteiger partial charge on any atom is -0.468 e. The maximum absolute atomic E-state index is 11.8. The highest BCUT2D eigenvalue weighted by atomic mass is 16.5. The number of aromatic amines is 1. The van der Waals surface area contributed by atoms with Gasteiger partial charge in [-0.15, -0.1) is 0 Å². The van der Waals surface area contributed by atoms with Gasteiger partial charge in [0.1, 0.15) is 0 Å². The van der Waals surface area contributed by atoms with E-state index < -0.39 is 23.9 Å². The fourth-order valence-electron chi connectivity index (χ4n) is 2.75. The van der Waals surface area contributed by atoms with Gasteiger partial charge >= 0.3 is 18.0 Å². The second kappa shape index (κ2) is 11.3. The number of carbonyl (C=O) groups is 3. The molecule has 1 amide bonds. The lowest BCUT2D eigenvalue weighted by molar-refractivity contribution is -0.158. The summed E-state index contributed by atoms with van der Waals surface area (Å²) in [6.07, 6.45) is 1.22. The number of ether oxygens (including phenoxy) is 3. The number of methoxy groups -OCH3 is 3. The topological polar surface area (TPSA) is 107 Å². The van der Waals surface area contributed by atoms with Crippen LogP contribution in [0.3, 0.4) is 0 Å². The van der Waals surface area contributed by atoms with E-state index in [4.69, 9.17) is 0 Å². The largest absolute Gasteiger partial charge is 0.468 e. The molecule has 3 rings (SSSR count). The van der Waals surface area contributed by atoms with E-state index >= 15 is 0 Å². The Morgan fingerprint density at radius 3 is 1.97 bits per heavy atom. The molecule has 3 aromatic rings. The van der Waals surface area contributed by atoms with Gasteiger partial charge in [-0.3, -0.25) is 14.9 Å². The van der Waals surface area contributed by atoms with E-state index in [0.717, 1.165) is 16.5 Å². The predicted molar refractivity (Wildman–Crippen MR) is 112 cm³/mol. The Balaban J connectivity index is 0.000000456. The number of amides is 1. The summed E-state index contributed by atoms with van der Waals surface area (Å²) in [5, 5.41) is 3.33. The van der Waals surface area contributed by atoms with Crippen LogP contribution in [0.15, 0.2) is 60.8 Å². The molecule has 0 fully saturated rings. The second-order valence-electron chi connectivity index (χ2n) is 6.15. The number of rotatable bonds is 5. The lowest BCUT2D eigenvalue weighted by Crippen LogP contribution is -2.28. The molecule has 8 heteroatoms. The van der Waals surface area contributed by atoms with Crippen LogP contribution in [0.5, 0.6) is 0 Å². The molecule has 2 aromatic carbocycles. The molecule has 30 heavy (non-hydrogen) atoms. The molecule has 0 bridgehead atoms. The van der Waals surface area contributed by atoms with Gasteiger partial charge in [0.15, 0.2) is 5.92 Å². The highest BCUT2D eigenvalue weighted by molar-refractivity contribution is 5.96. The molecule has 0 spiro atoms. The monoisotopic (exact) mass is 412 g/mol. The Hall–Kier alpha value is -3.81. The summed E-state index contributed by atoms with van der Waals surface area (Å²) in [6, 6.07) is 17.2. The molecule has 0 aliphatic rings. The zero-order valence-electron chi connectivity index (χ0n) is 17.0. The Bertz CT molecular complexity index is 941. The molecule has 0 atom stereocenters. The number of fused-ring (bicyclic) bond motifs is 1. The quantitative estimate of drug-likeness (QED) is 0.377. The van der Waals surface area contributed by atoms with Crippen molar-refractivity contribution in [3.05, 3.63) is 66.4 Å². The van der Waals surface area contributed by atoms with Crippen LogP contribution >= 0.6 is 0 Å². The van der Waals surface area contributed by atoms with E-state index in [0.29, 0.717) is 5.69 Å². The van der Waals surface area contributed by atoms with Crippen molar-refractivity contribution >= 4 is 34.6 Å². The smallest absolute Gasteiger partial charge is 0.411 e. The summed E-state index contributed by atoms with van der Waals surface area (Å²) in [4.78, 5) is 38.0.